The Morgan fingerprint density at radius 3 is 2.70 bits per heavy atom. The van der Waals surface area contributed by atoms with Gasteiger partial charge >= 0.3 is 0 Å². The van der Waals surface area contributed by atoms with Crippen molar-refractivity contribution in [2.24, 2.45) is 0 Å². The molecule has 0 amide bonds. The van der Waals surface area contributed by atoms with Gasteiger partial charge in [-0.3, -0.25) is 0 Å². The van der Waals surface area contributed by atoms with E-state index >= 15 is 0 Å². The third-order valence-electron chi connectivity index (χ3n) is 1.20. The first-order valence-electron chi connectivity index (χ1n) is 3.11. The predicted octanol–water partition coefficient (Wildman–Crippen LogP) is 2.60. The first-order chi connectivity index (χ1) is 4.75. The Morgan fingerprint density at radius 2 is 2.30 bits per heavy atom. The van der Waals surface area contributed by atoms with Crippen LogP contribution in [0.3, 0.4) is 0 Å². The van der Waals surface area contributed by atoms with Crippen molar-refractivity contribution in [3.8, 4) is 0 Å². The molecule has 1 aromatic heterocycles. The summed E-state index contributed by atoms with van der Waals surface area (Å²) in [7, 11) is 0. The maximum Gasteiger partial charge on any atom is 0.166 e. The van der Waals surface area contributed by atoms with Gasteiger partial charge in [-0.05, 0) is 6.42 Å². The summed E-state index contributed by atoms with van der Waals surface area (Å²) < 4.78 is 1.82. The lowest BCUT2D eigenvalue weighted by Gasteiger charge is -1.98. The molecule has 0 spiro atoms. The number of aromatic nitrogens is 2. The quantitative estimate of drug-likeness (QED) is 0.682. The topological polar surface area (TPSA) is 17.8 Å². The van der Waals surface area contributed by atoms with Crippen molar-refractivity contribution in [2.45, 2.75) is 19.9 Å². The van der Waals surface area contributed by atoms with E-state index in [4.69, 9.17) is 23.2 Å². The number of hydrogen-bond donors (Lipinski definition) is 0. The lowest BCUT2D eigenvalue weighted by Crippen LogP contribution is -1.93. The molecule has 0 bridgehead atoms. The zero-order valence-corrected chi connectivity index (χ0v) is 7.15. The van der Waals surface area contributed by atoms with Gasteiger partial charge in [0.1, 0.15) is 5.15 Å². The summed E-state index contributed by atoms with van der Waals surface area (Å²) in [6.07, 6.45) is 2.68. The van der Waals surface area contributed by atoms with Crippen LogP contribution in [0.2, 0.25) is 10.3 Å². The van der Waals surface area contributed by atoms with Crippen LogP contribution in [-0.2, 0) is 6.54 Å². The standard InChI is InChI=1S/C6H8Cl2N2/c1-2-3-10-4-9-5(7)6(10)8/h4H,2-3H2,1H3. The number of nitrogens with zero attached hydrogens (tertiary/aromatic N) is 2. The molecule has 0 atom stereocenters. The van der Waals surface area contributed by atoms with Crippen molar-refractivity contribution in [1.29, 1.82) is 0 Å². The van der Waals surface area contributed by atoms with Gasteiger partial charge < -0.3 is 4.57 Å². The van der Waals surface area contributed by atoms with Gasteiger partial charge in [-0.25, -0.2) is 4.98 Å². The second kappa shape index (κ2) is 3.26. The smallest absolute Gasteiger partial charge is 0.166 e. The molecule has 0 aliphatic carbocycles. The highest BCUT2D eigenvalue weighted by Gasteiger charge is 2.03. The van der Waals surface area contributed by atoms with E-state index in [0.29, 0.717) is 10.3 Å². The number of rotatable bonds is 2. The molecule has 0 aliphatic rings. The number of imidazole rings is 1. The molecular formula is C6H8Cl2N2. The van der Waals surface area contributed by atoms with Gasteiger partial charge in [-0.2, -0.15) is 0 Å². The first-order valence-corrected chi connectivity index (χ1v) is 3.87. The summed E-state index contributed by atoms with van der Waals surface area (Å²) in [6, 6.07) is 0. The molecule has 0 fully saturated rings. The maximum absolute atomic E-state index is 5.76. The predicted molar refractivity (Wildman–Crippen MR) is 42.5 cm³/mol. The monoisotopic (exact) mass is 178 g/mol. The van der Waals surface area contributed by atoms with Gasteiger partial charge in [-0.1, -0.05) is 30.1 Å². The van der Waals surface area contributed by atoms with E-state index in [1.807, 2.05) is 4.57 Å². The van der Waals surface area contributed by atoms with Crippen LogP contribution in [0.15, 0.2) is 6.33 Å². The molecule has 0 saturated heterocycles. The van der Waals surface area contributed by atoms with E-state index in [0.717, 1.165) is 13.0 Å². The van der Waals surface area contributed by atoms with E-state index in [1.54, 1.807) is 6.33 Å². The summed E-state index contributed by atoms with van der Waals surface area (Å²) in [4.78, 5) is 3.83. The van der Waals surface area contributed by atoms with Gasteiger partial charge in [0.25, 0.3) is 0 Å². The Labute approximate surface area is 69.8 Å². The summed E-state index contributed by atoms with van der Waals surface area (Å²) >= 11 is 11.4. The summed E-state index contributed by atoms with van der Waals surface area (Å²) in [5.41, 5.74) is 0. The third-order valence-corrected chi connectivity index (χ3v) is 1.97. The van der Waals surface area contributed by atoms with Crippen molar-refractivity contribution in [1.82, 2.24) is 9.55 Å². The van der Waals surface area contributed by atoms with Crippen LogP contribution < -0.4 is 0 Å². The maximum atomic E-state index is 5.76. The van der Waals surface area contributed by atoms with Crippen molar-refractivity contribution in [3.05, 3.63) is 16.6 Å². The molecule has 1 heterocycles. The zero-order valence-electron chi connectivity index (χ0n) is 5.64. The van der Waals surface area contributed by atoms with Crippen LogP contribution in [0.25, 0.3) is 0 Å². The van der Waals surface area contributed by atoms with E-state index in [-0.39, 0.29) is 0 Å². The molecule has 0 unspecified atom stereocenters. The first kappa shape index (κ1) is 7.89. The van der Waals surface area contributed by atoms with Gasteiger partial charge in [0.05, 0.1) is 6.33 Å². The molecule has 2 nitrogen and oxygen atoms in total. The van der Waals surface area contributed by atoms with Gasteiger partial charge in [0, 0.05) is 6.54 Å². The van der Waals surface area contributed by atoms with Gasteiger partial charge in [-0.15, -0.1) is 0 Å². The largest absolute Gasteiger partial charge is 0.320 e. The molecule has 0 aliphatic heterocycles. The number of halogens is 2. The highest BCUT2D eigenvalue weighted by molar-refractivity contribution is 6.40. The normalized spacial score (nSPS) is 10.3. The minimum Gasteiger partial charge on any atom is -0.320 e. The van der Waals surface area contributed by atoms with Crippen molar-refractivity contribution in [2.75, 3.05) is 0 Å². The van der Waals surface area contributed by atoms with E-state index < -0.39 is 0 Å². The van der Waals surface area contributed by atoms with Crippen molar-refractivity contribution in [3.63, 3.8) is 0 Å². The minimum absolute atomic E-state index is 0.384. The number of aryl methyl sites for hydroxylation is 1. The van der Waals surface area contributed by atoms with E-state index in [1.165, 1.54) is 0 Å². The minimum atomic E-state index is 0.384. The highest BCUT2D eigenvalue weighted by atomic mass is 35.5. The average Bonchev–Trinajstić information content (AvgIpc) is 2.20. The Hall–Kier alpha value is -0.210. The second-order valence-corrected chi connectivity index (χ2v) is 2.74. The van der Waals surface area contributed by atoms with Gasteiger partial charge in [0.15, 0.2) is 5.15 Å². The number of hydrogen-bond acceptors (Lipinski definition) is 1. The molecule has 0 N–H and O–H groups in total. The van der Waals surface area contributed by atoms with Crippen LogP contribution >= 0.6 is 23.2 Å². The van der Waals surface area contributed by atoms with E-state index in [2.05, 4.69) is 11.9 Å². The van der Waals surface area contributed by atoms with Crippen molar-refractivity contribution >= 4 is 23.2 Å². The lowest BCUT2D eigenvalue weighted by molar-refractivity contribution is 0.679. The fourth-order valence-corrected chi connectivity index (χ4v) is 1.07. The molecular weight excluding hydrogens is 171 g/mol. The van der Waals surface area contributed by atoms with Crippen LogP contribution in [-0.4, -0.2) is 9.55 Å². The van der Waals surface area contributed by atoms with Gasteiger partial charge in [0.2, 0.25) is 0 Å². The Kier molecular flexibility index (Phi) is 2.57. The lowest BCUT2D eigenvalue weighted by atomic mass is 10.5. The Morgan fingerprint density at radius 1 is 1.60 bits per heavy atom. The van der Waals surface area contributed by atoms with Crippen LogP contribution in [0.1, 0.15) is 13.3 Å². The summed E-state index contributed by atoms with van der Waals surface area (Å²) in [5.74, 6) is 0. The fourth-order valence-electron chi connectivity index (χ4n) is 0.740. The van der Waals surface area contributed by atoms with Crippen LogP contribution in [0, 0.1) is 0 Å². The summed E-state index contributed by atoms with van der Waals surface area (Å²) in [6.45, 7) is 2.95. The molecule has 1 aromatic rings. The average molecular weight is 179 g/mol. The molecule has 56 valence electrons. The molecule has 0 aromatic carbocycles. The van der Waals surface area contributed by atoms with Crippen LogP contribution in [0.5, 0.6) is 0 Å². The zero-order chi connectivity index (χ0) is 7.56. The Balaban J connectivity index is 2.83. The van der Waals surface area contributed by atoms with Crippen molar-refractivity contribution < 1.29 is 0 Å². The molecule has 0 saturated carbocycles. The fraction of sp³-hybridized carbons (Fsp3) is 0.500. The summed E-state index contributed by atoms with van der Waals surface area (Å²) in [5, 5.41) is 0.915. The third kappa shape index (κ3) is 1.44. The second-order valence-electron chi connectivity index (χ2n) is 2.02. The van der Waals surface area contributed by atoms with Crippen LogP contribution in [0.4, 0.5) is 0 Å². The Bertz CT molecular complexity index is 220. The SMILES string of the molecule is CCCn1cnc(Cl)c1Cl. The van der Waals surface area contributed by atoms with E-state index in [9.17, 15) is 0 Å². The molecule has 4 heteroatoms. The molecule has 1 rings (SSSR count). The highest BCUT2D eigenvalue weighted by Crippen LogP contribution is 2.19. The molecule has 0 radical (unpaired) electrons. The molecule has 10 heavy (non-hydrogen) atoms.